The number of aromatic nitrogens is 1. The van der Waals surface area contributed by atoms with E-state index >= 15 is 0 Å². The Labute approximate surface area is 120 Å². The molecule has 112 valence electrons. The lowest BCUT2D eigenvalue weighted by Gasteiger charge is -2.20. The Balaban J connectivity index is 2.92. The minimum Gasteiger partial charge on any atom is -0.479 e. The van der Waals surface area contributed by atoms with E-state index in [9.17, 15) is 4.79 Å². The van der Waals surface area contributed by atoms with Crippen LogP contribution in [0.5, 0.6) is 5.88 Å². The van der Waals surface area contributed by atoms with Gasteiger partial charge in [-0.15, -0.1) is 0 Å². The molecule has 0 spiro atoms. The van der Waals surface area contributed by atoms with Gasteiger partial charge in [-0.3, -0.25) is 4.79 Å². The van der Waals surface area contributed by atoms with Crippen LogP contribution in [0, 0.1) is 5.92 Å². The number of anilines is 2. The number of rotatable bonds is 7. The standard InChI is InChI=1S/C14H24N4O2/c1-10(6-5-8-15)13(19)17-12-11(18(2)3)7-9-16-14(12)20-4/h7,9-10H,5-6,8,15H2,1-4H3,(H,17,19). The number of carbonyl (C=O) groups excluding carboxylic acids is 1. The van der Waals surface area contributed by atoms with E-state index < -0.39 is 0 Å². The highest BCUT2D eigenvalue weighted by atomic mass is 16.5. The average Bonchev–Trinajstić information content (AvgIpc) is 2.44. The van der Waals surface area contributed by atoms with Crippen molar-refractivity contribution in [2.45, 2.75) is 19.8 Å². The van der Waals surface area contributed by atoms with Gasteiger partial charge in [-0.25, -0.2) is 4.98 Å². The number of methoxy groups -OCH3 is 1. The van der Waals surface area contributed by atoms with Crippen molar-refractivity contribution >= 4 is 17.3 Å². The SMILES string of the molecule is COc1nccc(N(C)C)c1NC(=O)C(C)CCCN. The molecule has 20 heavy (non-hydrogen) atoms. The molecule has 0 fully saturated rings. The Morgan fingerprint density at radius 2 is 2.25 bits per heavy atom. The Kier molecular flexibility index (Phi) is 6.24. The summed E-state index contributed by atoms with van der Waals surface area (Å²) >= 11 is 0. The van der Waals surface area contributed by atoms with E-state index in [1.807, 2.05) is 32.0 Å². The Morgan fingerprint density at radius 1 is 1.55 bits per heavy atom. The molecule has 1 rings (SSSR count). The van der Waals surface area contributed by atoms with Crippen molar-refractivity contribution in [3.8, 4) is 5.88 Å². The second kappa shape index (κ2) is 7.69. The van der Waals surface area contributed by atoms with Crippen LogP contribution < -0.4 is 20.7 Å². The van der Waals surface area contributed by atoms with Crippen molar-refractivity contribution in [2.75, 3.05) is 38.0 Å². The summed E-state index contributed by atoms with van der Waals surface area (Å²) in [7, 11) is 5.35. The summed E-state index contributed by atoms with van der Waals surface area (Å²) in [4.78, 5) is 18.2. The molecule has 0 bridgehead atoms. The number of nitrogens with two attached hydrogens (primary N) is 1. The fraction of sp³-hybridized carbons (Fsp3) is 0.571. The van der Waals surface area contributed by atoms with Crippen LogP contribution in [-0.2, 0) is 4.79 Å². The van der Waals surface area contributed by atoms with Crippen molar-refractivity contribution in [2.24, 2.45) is 11.7 Å². The van der Waals surface area contributed by atoms with Gasteiger partial charge in [0.2, 0.25) is 11.8 Å². The molecule has 1 atom stereocenters. The molecule has 6 heteroatoms. The number of hydrogen-bond donors (Lipinski definition) is 2. The monoisotopic (exact) mass is 280 g/mol. The van der Waals surface area contributed by atoms with E-state index in [2.05, 4.69) is 10.3 Å². The fourth-order valence-electron chi connectivity index (χ4n) is 1.88. The summed E-state index contributed by atoms with van der Waals surface area (Å²) in [6, 6.07) is 1.84. The minimum atomic E-state index is -0.0986. The van der Waals surface area contributed by atoms with E-state index in [-0.39, 0.29) is 11.8 Å². The number of amides is 1. The molecule has 3 N–H and O–H groups in total. The van der Waals surface area contributed by atoms with Crippen LogP contribution in [0.4, 0.5) is 11.4 Å². The van der Waals surface area contributed by atoms with Crippen molar-refractivity contribution in [3.63, 3.8) is 0 Å². The van der Waals surface area contributed by atoms with Crippen LogP contribution >= 0.6 is 0 Å². The second-order valence-electron chi connectivity index (χ2n) is 4.93. The predicted octanol–water partition coefficient (Wildman–Crippen LogP) is 1.47. The molecule has 0 aliphatic heterocycles. The molecule has 0 aliphatic carbocycles. The summed E-state index contributed by atoms with van der Waals surface area (Å²) in [5.74, 6) is 0.266. The molecular formula is C14H24N4O2. The molecule has 1 unspecified atom stereocenters. The largest absolute Gasteiger partial charge is 0.479 e. The quantitative estimate of drug-likeness (QED) is 0.790. The summed E-state index contributed by atoms with van der Waals surface area (Å²) in [5.41, 5.74) is 6.93. The zero-order valence-corrected chi connectivity index (χ0v) is 12.6. The molecule has 1 aromatic rings. The average molecular weight is 280 g/mol. The maximum atomic E-state index is 12.2. The Hall–Kier alpha value is -1.82. The minimum absolute atomic E-state index is 0.0483. The Bertz CT molecular complexity index is 449. The first-order valence-electron chi connectivity index (χ1n) is 6.72. The molecule has 0 radical (unpaired) electrons. The number of nitrogens with one attached hydrogen (secondary N) is 1. The van der Waals surface area contributed by atoms with Crippen molar-refractivity contribution < 1.29 is 9.53 Å². The lowest BCUT2D eigenvalue weighted by Crippen LogP contribution is -2.23. The molecule has 0 aromatic carbocycles. The molecule has 1 heterocycles. The highest BCUT2D eigenvalue weighted by Gasteiger charge is 2.18. The molecule has 1 aromatic heterocycles. The zero-order chi connectivity index (χ0) is 15.1. The van der Waals surface area contributed by atoms with E-state index in [0.717, 1.165) is 18.5 Å². The van der Waals surface area contributed by atoms with E-state index in [4.69, 9.17) is 10.5 Å². The smallest absolute Gasteiger partial charge is 0.239 e. The summed E-state index contributed by atoms with van der Waals surface area (Å²) in [6.45, 7) is 2.49. The van der Waals surface area contributed by atoms with Crippen molar-refractivity contribution in [1.29, 1.82) is 0 Å². The zero-order valence-electron chi connectivity index (χ0n) is 12.6. The molecule has 0 saturated heterocycles. The van der Waals surface area contributed by atoms with Gasteiger partial charge >= 0.3 is 0 Å². The maximum absolute atomic E-state index is 12.2. The number of pyridine rings is 1. The lowest BCUT2D eigenvalue weighted by molar-refractivity contribution is -0.119. The highest BCUT2D eigenvalue weighted by molar-refractivity contribution is 5.97. The summed E-state index contributed by atoms with van der Waals surface area (Å²) in [5, 5.41) is 2.91. The summed E-state index contributed by atoms with van der Waals surface area (Å²) < 4.78 is 5.23. The fourth-order valence-corrected chi connectivity index (χ4v) is 1.88. The van der Waals surface area contributed by atoms with E-state index in [1.54, 1.807) is 6.20 Å². The Morgan fingerprint density at radius 3 is 2.80 bits per heavy atom. The van der Waals surface area contributed by atoms with Crippen LogP contribution in [0.15, 0.2) is 12.3 Å². The summed E-state index contributed by atoms with van der Waals surface area (Å²) in [6.07, 6.45) is 3.25. The van der Waals surface area contributed by atoms with Gasteiger partial charge in [0.05, 0.1) is 12.8 Å². The predicted molar refractivity (Wildman–Crippen MR) is 81.2 cm³/mol. The van der Waals surface area contributed by atoms with Gasteiger partial charge in [0, 0.05) is 26.2 Å². The van der Waals surface area contributed by atoms with Crippen LogP contribution in [0.25, 0.3) is 0 Å². The van der Waals surface area contributed by atoms with Crippen molar-refractivity contribution in [1.82, 2.24) is 4.98 Å². The normalized spacial score (nSPS) is 11.8. The number of nitrogens with zero attached hydrogens (tertiary/aromatic N) is 2. The third-order valence-corrected chi connectivity index (χ3v) is 3.11. The number of hydrogen-bond acceptors (Lipinski definition) is 5. The van der Waals surface area contributed by atoms with Gasteiger partial charge < -0.3 is 20.7 Å². The second-order valence-corrected chi connectivity index (χ2v) is 4.93. The van der Waals surface area contributed by atoms with Crippen LogP contribution in [0.2, 0.25) is 0 Å². The third-order valence-electron chi connectivity index (χ3n) is 3.11. The maximum Gasteiger partial charge on any atom is 0.239 e. The molecular weight excluding hydrogens is 256 g/mol. The highest BCUT2D eigenvalue weighted by Crippen LogP contribution is 2.32. The molecule has 0 aliphatic rings. The van der Waals surface area contributed by atoms with Gasteiger partial charge in [0.25, 0.3) is 0 Å². The third kappa shape index (κ3) is 4.09. The lowest BCUT2D eigenvalue weighted by atomic mass is 10.0. The van der Waals surface area contributed by atoms with Gasteiger partial charge in [0.15, 0.2) is 0 Å². The van der Waals surface area contributed by atoms with E-state index in [0.29, 0.717) is 18.1 Å². The first kappa shape index (κ1) is 16.2. The first-order valence-corrected chi connectivity index (χ1v) is 6.72. The van der Waals surface area contributed by atoms with Gasteiger partial charge in [0.1, 0.15) is 5.69 Å². The number of ether oxygens (including phenoxy) is 1. The van der Waals surface area contributed by atoms with Gasteiger partial charge in [-0.1, -0.05) is 6.92 Å². The van der Waals surface area contributed by atoms with E-state index in [1.165, 1.54) is 7.11 Å². The van der Waals surface area contributed by atoms with Gasteiger partial charge in [-0.05, 0) is 25.5 Å². The van der Waals surface area contributed by atoms with Crippen molar-refractivity contribution in [3.05, 3.63) is 12.3 Å². The van der Waals surface area contributed by atoms with Crippen LogP contribution in [0.1, 0.15) is 19.8 Å². The first-order chi connectivity index (χ1) is 9.51. The van der Waals surface area contributed by atoms with Crippen LogP contribution in [0.3, 0.4) is 0 Å². The molecule has 1 amide bonds. The molecule has 0 saturated carbocycles. The molecule has 6 nitrogen and oxygen atoms in total. The topological polar surface area (TPSA) is 80.5 Å². The van der Waals surface area contributed by atoms with Gasteiger partial charge in [-0.2, -0.15) is 0 Å². The number of carbonyl (C=O) groups is 1. The van der Waals surface area contributed by atoms with Crippen LogP contribution in [-0.4, -0.2) is 38.6 Å².